The van der Waals surface area contributed by atoms with Crippen LogP contribution in [0.1, 0.15) is 5.82 Å². The maximum atomic E-state index is 13.4. The van der Waals surface area contributed by atoms with E-state index in [0.717, 1.165) is 0 Å². The van der Waals surface area contributed by atoms with Crippen LogP contribution in [-0.4, -0.2) is 30.2 Å². The van der Waals surface area contributed by atoms with Crippen LogP contribution >= 0.6 is 23.1 Å². The fourth-order valence-corrected chi connectivity index (χ4v) is 3.65. The average Bonchev–Trinajstić information content (AvgIpc) is 3.22. The fraction of sp³-hybridized carbons (Fsp3) is 0.0714. The predicted octanol–water partition coefficient (Wildman–Crippen LogP) is 2.39. The van der Waals surface area contributed by atoms with Crippen molar-refractivity contribution < 1.29 is 4.39 Å². The third-order valence-electron chi connectivity index (χ3n) is 3.20. The lowest BCUT2D eigenvalue weighted by atomic mass is 10.3. The third kappa shape index (κ3) is 2.81. The maximum Gasteiger partial charge on any atom is 0.268 e. The second-order valence-electron chi connectivity index (χ2n) is 4.79. The molecule has 1 N–H and O–H groups in total. The standard InChI is InChI=1S/C14H9FN6OS2/c15-8-2-1-3-9(6-8)21-14(18-19-20-21)24-7-11-16-10-4-5-23-12(10)13(22)17-11/h1-6H,7H2,(H,16,17,22). The zero-order valence-electron chi connectivity index (χ0n) is 12.0. The SMILES string of the molecule is O=c1[nH]c(CSc2nnnn2-c2cccc(F)c2)nc2ccsc12. The third-order valence-corrected chi connectivity index (χ3v) is 5.03. The summed E-state index contributed by atoms with van der Waals surface area (Å²) in [6.45, 7) is 0. The smallest absolute Gasteiger partial charge is 0.268 e. The summed E-state index contributed by atoms with van der Waals surface area (Å²) in [5.74, 6) is 0.550. The summed E-state index contributed by atoms with van der Waals surface area (Å²) < 4.78 is 15.4. The van der Waals surface area contributed by atoms with Crippen LogP contribution < -0.4 is 5.56 Å². The molecular formula is C14H9FN6OS2. The van der Waals surface area contributed by atoms with Gasteiger partial charge in [0.15, 0.2) is 0 Å². The highest BCUT2D eigenvalue weighted by Gasteiger charge is 2.12. The molecule has 0 saturated heterocycles. The Labute approximate surface area is 142 Å². The molecule has 0 saturated carbocycles. The van der Waals surface area contributed by atoms with Crippen molar-refractivity contribution in [1.29, 1.82) is 0 Å². The highest BCUT2D eigenvalue weighted by atomic mass is 32.2. The van der Waals surface area contributed by atoms with Gasteiger partial charge in [-0.15, -0.1) is 16.4 Å². The summed E-state index contributed by atoms with van der Waals surface area (Å²) in [5.41, 5.74) is 1.04. The van der Waals surface area contributed by atoms with E-state index in [1.165, 1.54) is 39.9 Å². The number of aromatic amines is 1. The van der Waals surface area contributed by atoms with Crippen molar-refractivity contribution in [2.24, 2.45) is 0 Å². The van der Waals surface area contributed by atoms with Crippen molar-refractivity contribution in [3.63, 3.8) is 0 Å². The summed E-state index contributed by atoms with van der Waals surface area (Å²) >= 11 is 2.66. The Morgan fingerprint density at radius 2 is 2.25 bits per heavy atom. The molecule has 7 nitrogen and oxygen atoms in total. The van der Waals surface area contributed by atoms with E-state index in [1.54, 1.807) is 18.2 Å². The first-order chi connectivity index (χ1) is 11.7. The molecule has 3 aromatic heterocycles. The van der Waals surface area contributed by atoms with Gasteiger partial charge < -0.3 is 4.98 Å². The molecule has 10 heteroatoms. The minimum Gasteiger partial charge on any atom is -0.309 e. The van der Waals surface area contributed by atoms with Crippen molar-refractivity contribution in [3.8, 4) is 5.69 Å². The first-order valence-corrected chi connectivity index (χ1v) is 8.71. The number of halogens is 1. The Morgan fingerprint density at radius 1 is 1.33 bits per heavy atom. The van der Waals surface area contributed by atoms with Crippen molar-refractivity contribution >= 4 is 33.3 Å². The van der Waals surface area contributed by atoms with Gasteiger partial charge in [-0.25, -0.2) is 9.37 Å². The number of hydrogen-bond donors (Lipinski definition) is 1. The molecule has 0 spiro atoms. The van der Waals surface area contributed by atoms with Gasteiger partial charge in [0.05, 0.1) is 17.0 Å². The van der Waals surface area contributed by atoms with Gasteiger partial charge in [-0.2, -0.15) is 4.68 Å². The highest BCUT2D eigenvalue weighted by molar-refractivity contribution is 7.98. The van der Waals surface area contributed by atoms with Gasteiger partial charge >= 0.3 is 0 Å². The quantitative estimate of drug-likeness (QED) is 0.562. The number of benzene rings is 1. The van der Waals surface area contributed by atoms with Gasteiger partial charge in [0.25, 0.3) is 5.56 Å². The molecule has 1 aromatic carbocycles. The van der Waals surface area contributed by atoms with E-state index in [-0.39, 0.29) is 11.4 Å². The van der Waals surface area contributed by atoms with Gasteiger partial charge in [0.1, 0.15) is 16.3 Å². The van der Waals surface area contributed by atoms with E-state index in [0.29, 0.717) is 32.6 Å². The Hall–Kier alpha value is -2.59. The number of nitrogens with zero attached hydrogens (tertiary/aromatic N) is 5. The molecule has 0 aliphatic heterocycles. The molecule has 24 heavy (non-hydrogen) atoms. The number of tetrazole rings is 1. The molecule has 0 atom stereocenters. The summed E-state index contributed by atoms with van der Waals surface area (Å²) in [7, 11) is 0. The molecule has 3 heterocycles. The van der Waals surface area contributed by atoms with Crippen molar-refractivity contribution in [2.45, 2.75) is 10.9 Å². The molecule has 0 unspecified atom stereocenters. The van der Waals surface area contributed by atoms with E-state index >= 15 is 0 Å². The van der Waals surface area contributed by atoms with Crippen LogP contribution in [0.25, 0.3) is 15.9 Å². The van der Waals surface area contributed by atoms with Gasteiger partial charge in [-0.3, -0.25) is 4.79 Å². The Morgan fingerprint density at radius 3 is 3.12 bits per heavy atom. The number of rotatable bonds is 4. The molecule has 0 amide bonds. The number of thiophene rings is 1. The van der Waals surface area contributed by atoms with Crippen molar-refractivity contribution in [3.05, 3.63) is 57.7 Å². The normalized spacial score (nSPS) is 11.2. The monoisotopic (exact) mass is 360 g/mol. The summed E-state index contributed by atoms with van der Waals surface area (Å²) in [5, 5.41) is 13.7. The largest absolute Gasteiger partial charge is 0.309 e. The molecular weight excluding hydrogens is 351 g/mol. The molecule has 0 bridgehead atoms. The fourth-order valence-electron chi connectivity index (χ4n) is 2.16. The summed E-state index contributed by atoms with van der Waals surface area (Å²) in [4.78, 5) is 19.1. The molecule has 0 fully saturated rings. The lowest BCUT2D eigenvalue weighted by Gasteiger charge is -2.04. The van der Waals surface area contributed by atoms with Crippen LogP contribution in [0.3, 0.4) is 0 Å². The second-order valence-corrected chi connectivity index (χ2v) is 6.65. The number of thioether (sulfide) groups is 1. The first-order valence-electron chi connectivity index (χ1n) is 6.84. The second kappa shape index (κ2) is 6.13. The minimum atomic E-state index is -0.368. The Balaban J connectivity index is 1.60. The molecule has 4 rings (SSSR count). The molecule has 4 aromatic rings. The number of fused-ring (bicyclic) bond motifs is 1. The van der Waals surface area contributed by atoms with Crippen LogP contribution in [0, 0.1) is 5.82 Å². The van der Waals surface area contributed by atoms with Gasteiger partial charge in [0, 0.05) is 0 Å². The zero-order chi connectivity index (χ0) is 16.5. The number of nitrogens with one attached hydrogen (secondary N) is 1. The van der Waals surface area contributed by atoms with E-state index in [1.807, 2.05) is 5.38 Å². The van der Waals surface area contributed by atoms with Crippen LogP contribution in [0.4, 0.5) is 4.39 Å². The van der Waals surface area contributed by atoms with E-state index in [9.17, 15) is 9.18 Å². The van der Waals surface area contributed by atoms with E-state index in [2.05, 4.69) is 25.5 Å². The van der Waals surface area contributed by atoms with Crippen LogP contribution in [0.5, 0.6) is 0 Å². The minimum absolute atomic E-state index is 0.157. The van der Waals surface area contributed by atoms with Gasteiger partial charge in [-0.1, -0.05) is 17.8 Å². The zero-order valence-corrected chi connectivity index (χ0v) is 13.6. The maximum absolute atomic E-state index is 13.4. The van der Waals surface area contributed by atoms with Crippen LogP contribution in [0.15, 0.2) is 45.7 Å². The molecule has 0 radical (unpaired) electrons. The number of aromatic nitrogens is 6. The number of hydrogen-bond acceptors (Lipinski definition) is 7. The predicted molar refractivity (Wildman–Crippen MR) is 88.9 cm³/mol. The lowest BCUT2D eigenvalue weighted by molar-refractivity contribution is 0.623. The van der Waals surface area contributed by atoms with E-state index < -0.39 is 0 Å². The topological polar surface area (TPSA) is 89.4 Å². The summed E-state index contributed by atoms with van der Waals surface area (Å²) in [6.07, 6.45) is 0. The van der Waals surface area contributed by atoms with Crippen LogP contribution in [0.2, 0.25) is 0 Å². The Kier molecular flexibility index (Phi) is 3.82. The summed E-state index contributed by atoms with van der Waals surface area (Å²) in [6, 6.07) is 7.80. The Bertz CT molecular complexity index is 1070. The molecule has 0 aliphatic rings. The van der Waals surface area contributed by atoms with Crippen LogP contribution in [-0.2, 0) is 5.75 Å². The van der Waals surface area contributed by atoms with Gasteiger partial charge in [0.2, 0.25) is 5.16 Å². The first kappa shape index (κ1) is 15.0. The number of H-pyrrole nitrogens is 1. The van der Waals surface area contributed by atoms with Crippen molar-refractivity contribution in [1.82, 2.24) is 30.2 Å². The molecule has 120 valence electrons. The van der Waals surface area contributed by atoms with Crippen molar-refractivity contribution in [2.75, 3.05) is 0 Å². The molecule has 0 aliphatic carbocycles. The van der Waals surface area contributed by atoms with E-state index in [4.69, 9.17) is 0 Å². The lowest BCUT2D eigenvalue weighted by Crippen LogP contribution is -2.09. The highest BCUT2D eigenvalue weighted by Crippen LogP contribution is 2.22. The van der Waals surface area contributed by atoms with Gasteiger partial charge in [-0.05, 0) is 40.1 Å². The average molecular weight is 360 g/mol.